The van der Waals surface area contributed by atoms with Gasteiger partial charge < -0.3 is 20.7 Å². The molecule has 2 aliphatic heterocycles. The molecule has 29 heavy (non-hydrogen) atoms. The van der Waals surface area contributed by atoms with E-state index in [-0.39, 0.29) is 18.4 Å². The molecule has 0 radical (unpaired) electrons. The van der Waals surface area contributed by atoms with Crippen LogP contribution in [0.3, 0.4) is 0 Å². The van der Waals surface area contributed by atoms with Gasteiger partial charge >= 0.3 is 0 Å². The highest BCUT2D eigenvalue weighted by Crippen LogP contribution is 2.26. The Hall–Kier alpha value is -1.93. The predicted molar refractivity (Wildman–Crippen MR) is 115 cm³/mol. The van der Waals surface area contributed by atoms with Crippen LogP contribution >= 0.6 is 22.9 Å². The summed E-state index contributed by atoms with van der Waals surface area (Å²) in [6.45, 7) is 3.69. The van der Waals surface area contributed by atoms with E-state index in [9.17, 15) is 9.59 Å². The maximum Gasteiger partial charge on any atom is 0.262 e. The first-order chi connectivity index (χ1) is 13.9. The van der Waals surface area contributed by atoms with Gasteiger partial charge in [-0.1, -0.05) is 17.7 Å². The Balaban J connectivity index is 1.51. The van der Waals surface area contributed by atoms with Gasteiger partial charge in [0.25, 0.3) is 11.8 Å². The van der Waals surface area contributed by atoms with Crippen molar-refractivity contribution in [2.24, 2.45) is 0 Å². The van der Waals surface area contributed by atoms with Crippen LogP contribution in [0.15, 0.2) is 30.3 Å². The molecule has 1 saturated heterocycles. The van der Waals surface area contributed by atoms with Crippen molar-refractivity contribution in [1.82, 2.24) is 10.6 Å². The average Bonchev–Trinajstić information content (AvgIpc) is 3.29. The number of rotatable bonds is 4. The van der Waals surface area contributed by atoms with Gasteiger partial charge in [-0.3, -0.25) is 9.59 Å². The van der Waals surface area contributed by atoms with Crippen molar-refractivity contribution in [2.45, 2.75) is 37.8 Å². The lowest BCUT2D eigenvalue weighted by Crippen LogP contribution is -2.57. The van der Waals surface area contributed by atoms with Crippen LogP contribution in [0.4, 0.5) is 5.69 Å². The minimum Gasteiger partial charge on any atom is -0.378 e. The van der Waals surface area contributed by atoms with E-state index in [0.717, 1.165) is 25.1 Å². The second kappa shape index (κ2) is 8.44. The van der Waals surface area contributed by atoms with Crippen molar-refractivity contribution < 1.29 is 14.3 Å². The number of hydrogen-bond acceptors (Lipinski definition) is 5. The number of anilines is 1. The number of carbonyl (C=O) groups is 2. The van der Waals surface area contributed by atoms with Crippen molar-refractivity contribution >= 4 is 40.4 Å². The highest BCUT2D eigenvalue weighted by atomic mass is 35.5. The molecule has 0 saturated carbocycles. The zero-order valence-corrected chi connectivity index (χ0v) is 17.8. The van der Waals surface area contributed by atoms with Crippen LogP contribution in [-0.4, -0.2) is 43.2 Å². The summed E-state index contributed by atoms with van der Waals surface area (Å²) in [5.74, 6) is -0.574. The standard InChI is InChI=1S/C21H24ClN3O3S/c1-13-10-15-11-16(3-2-14(15)6-8-23-13)24-20(27)21(7-9-28-12-21)25-19(26)17-4-5-18(22)29-17/h2-5,11,13,23H,6-10,12H2,1H3,(H,24,27)(H,25,26)/t13-,21+/m1/s1. The molecular formula is C21H24ClN3O3S. The second-order valence-corrected chi connectivity index (χ2v) is 9.40. The first kappa shape index (κ1) is 20.3. The van der Waals surface area contributed by atoms with Crippen LogP contribution in [0.5, 0.6) is 0 Å². The molecule has 2 atom stereocenters. The first-order valence-corrected chi connectivity index (χ1v) is 11.0. The third-order valence-corrected chi connectivity index (χ3v) is 6.71. The molecule has 6 nitrogen and oxygen atoms in total. The third-order valence-electron chi connectivity index (χ3n) is 5.48. The fourth-order valence-electron chi connectivity index (χ4n) is 3.86. The molecule has 2 aliphatic rings. The van der Waals surface area contributed by atoms with E-state index >= 15 is 0 Å². The quantitative estimate of drug-likeness (QED) is 0.692. The largest absolute Gasteiger partial charge is 0.378 e. The van der Waals surface area contributed by atoms with Crippen LogP contribution in [0.1, 0.15) is 34.1 Å². The maximum atomic E-state index is 13.2. The lowest BCUT2D eigenvalue weighted by Gasteiger charge is -2.27. The number of ether oxygens (including phenoxy) is 1. The van der Waals surface area contributed by atoms with E-state index in [4.69, 9.17) is 16.3 Å². The Bertz CT molecular complexity index is 924. The molecule has 2 amide bonds. The summed E-state index contributed by atoms with van der Waals surface area (Å²) >= 11 is 7.12. The van der Waals surface area contributed by atoms with Crippen molar-refractivity contribution in [3.05, 3.63) is 50.7 Å². The maximum absolute atomic E-state index is 13.2. The molecule has 8 heteroatoms. The molecule has 0 spiro atoms. The Morgan fingerprint density at radius 1 is 1.28 bits per heavy atom. The molecule has 1 aromatic carbocycles. The van der Waals surface area contributed by atoms with Crippen LogP contribution in [-0.2, 0) is 22.4 Å². The van der Waals surface area contributed by atoms with E-state index in [1.807, 2.05) is 12.1 Å². The van der Waals surface area contributed by atoms with E-state index < -0.39 is 5.54 Å². The number of benzene rings is 1. The van der Waals surface area contributed by atoms with Crippen molar-refractivity contribution in [2.75, 3.05) is 25.1 Å². The summed E-state index contributed by atoms with van der Waals surface area (Å²) in [6, 6.07) is 9.77. The van der Waals surface area contributed by atoms with Crippen molar-refractivity contribution in [3.63, 3.8) is 0 Å². The summed E-state index contributed by atoms with van der Waals surface area (Å²) in [4.78, 5) is 26.3. The molecule has 1 aromatic heterocycles. The van der Waals surface area contributed by atoms with Crippen molar-refractivity contribution in [1.29, 1.82) is 0 Å². The van der Waals surface area contributed by atoms with E-state index in [2.05, 4.69) is 28.9 Å². The van der Waals surface area contributed by atoms with E-state index in [1.165, 1.54) is 22.5 Å². The normalized spacial score (nSPS) is 23.9. The lowest BCUT2D eigenvalue weighted by molar-refractivity contribution is -0.122. The molecule has 3 N–H and O–H groups in total. The van der Waals surface area contributed by atoms with E-state index in [0.29, 0.717) is 28.3 Å². The minimum atomic E-state index is -1.09. The Kier molecular flexibility index (Phi) is 5.92. The Morgan fingerprint density at radius 3 is 2.86 bits per heavy atom. The number of thiophene rings is 1. The summed E-state index contributed by atoms with van der Waals surface area (Å²) < 4.78 is 6.01. The topological polar surface area (TPSA) is 79.5 Å². The average molecular weight is 434 g/mol. The van der Waals surface area contributed by atoms with Crippen LogP contribution in [0.2, 0.25) is 4.34 Å². The van der Waals surface area contributed by atoms with Gasteiger partial charge in [0.2, 0.25) is 0 Å². The van der Waals surface area contributed by atoms with Gasteiger partial charge in [-0.05, 0) is 61.7 Å². The summed E-state index contributed by atoms with van der Waals surface area (Å²) in [6.07, 6.45) is 2.32. The fraction of sp³-hybridized carbons (Fsp3) is 0.429. The zero-order valence-electron chi connectivity index (χ0n) is 16.2. The second-order valence-electron chi connectivity index (χ2n) is 7.69. The number of amides is 2. The molecule has 0 unspecified atom stereocenters. The zero-order chi connectivity index (χ0) is 20.4. The molecule has 1 fully saturated rings. The van der Waals surface area contributed by atoms with Gasteiger partial charge in [0.05, 0.1) is 15.8 Å². The van der Waals surface area contributed by atoms with E-state index in [1.54, 1.807) is 12.1 Å². The number of nitrogens with one attached hydrogen (secondary N) is 3. The summed E-state index contributed by atoms with van der Waals surface area (Å²) in [7, 11) is 0. The van der Waals surface area contributed by atoms with Crippen LogP contribution in [0.25, 0.3) is 0 Å². The van der Waals surface area contributed by atoms with Crippen LogP contribution < -0.4 is 16.0 Å². The highest BCUT2D eigenvalue weighted by Gasteiger charge is 2.44. The number of fused-ring (bicyclic) bond motifs is 1. The van der Waals surface area contributed by atoms with Gasteiger partial charge in [-0.15, -0.1) is 11.3 Å². The first-order valence-electron chi connectivity index (χ1n) is 9.77. The van der Waals surface area contributed by atoms with Gasteiger partial charge in [0, 0.05) is 24.8 Å². The van der Waals surface area contributed by atoms with Crippen molar-refractivity contribution in [3.8, 4) is 0 Å². The Labute approximate surface area is 179 Å². The smallest absolute Gasteiger partial charge is 0.262 e. The predicted octanol–water partition coefficient (Wildman–Crippen LogP) is 3.01. The van der Waals surface area contributed by atoms with Gasteiger partial charge in [0.15, 0.2) is 0 Å². The molecule has 3 heterocycles. The van der Waals surface area contributed by atoms with Gasteiger partial charge in [0.1, 0.15) is 5.54 Å². The molecule has 154 valence electrons. The molecule has 4 rings (SSSR count). The number of hydrogen-bond donors (Lipinski definition) is 3. The van der Waals surface area contributed by atoms with Gasteiger partial charge in [-0.2, -0.15) is 0 Å². The third kappa shape index (κ3) is 4.48. The molecular weight excluding hydrogens is 410 g/mol. The van der Waals surface area contributed by atoms with Crippen LogP contribution in [0, 0.1) is 0 Å². The monoisotopic (exact) mass is 433 g/mol. The molecule has 2 aromatic rings. The minimum absolute atomic E-state index is 0.148. The lowest BCUT2D eigenvalue weighted by atomic mass is 9.96. The summed E-state index contributed by atoms with van der Waals surface area (Å²) in [5, 5.41) is 9.36. The SMILES string of the molecule is C[C@@H]1Cc2cc(NC(=O)[C@]3(NC(=O)c4ccc(Cl)s4)CCOC3)ccc2CCN1. The fourth-order valence-corrected chi connectivity index (χ4v) is 4.80. The number of halogens is 1. The number of carbonyl (C=O) groups excluding carboxylic acids is 2. The highest BCUT2D eigenvalue weighted by molar-refractivity contribution is 7.18. The Morgan fingerprint density at radius 2 is 2.14 bits per heavy atom. The van der Waals surface area contributed by atoms with Gasteiger partial charge in [-0.25, -0.2) is 0 Å². The summed E-state index contributed by atoms with van der Waals surface area (Å²) in [5.41, 5.74) is 2.20. The molecule has 0 bridgehead atoms. The molecule has 0 aliphatic carbocycles.